The molecule has 1 aromatic carbocycles. The van der Waals surface area contributed by atoms with Crippen molar-refractivity contribution in [2.75, 3.05) is 11.5 Å². The van der Waals surface area contributed by atoms with Crippen LogP contribution in [0.15, 0.2) is 12.1 Å². The van der Waals surface area contributed by atoms with Crippen LogP contribution in [0.2, 0.25) is 0 Å². The van der Waals surface area contributed by atoms with Crippen LogP contribution in [0.25, 0.3) is 0 Å². The standard InChI is InChI=1S/C14H20OS2/c1-4-16-14(17-5-2)7-6-11-8-10(3)9-12(15)13(11)14/h8-9,15H,4-7H2,1-3H3. The Kier molecular flexibility index (Phi) is 3.99. The Morgan fingerprint density at radius 3 is 2.47 bits per heavy atom. The molecule has 0 radical (unpaired) electrons. The van der Waals surface area contributed by atoms with Crippen molar-refractivity contribution in [1.29, 1.82) is 0 Å². The highest BCUT2D eigenvalue weighted by atomic mass is 32.2. The van der Waals surface area contributed by atoms with Crippen LogP contribution < -0.4 is 0 Å². The monoisotopic (exact) mass is 268 g/mol. The molecule has 0 heterocycles. The van der Waals surface area contributed by atoms with Crippen LogP contribution in [0.3, 0.4) is 0 Å². The van der Waals surface area contributed by atoms with Gasteiger partial charge in [0.2, 0.25) is 0 Å². The predicted molar refractivity (Wildman–Crippen MR) is 79.1 cm³/mol. The first-order valence-corrected chi connectivity index (χ1v) is 8.21. The minimum atomic E-state index is 0.0939. The third kappa shape index (κ3) is 2.32. The van der Waals surface area contributed by atoms with Crippen LogP contribution in [0.1, 0.15) is 37.0 Å². The van der Waals surface area contributed by atoms with E-state index in [1.807, 2.05) is 29.6 Å². The smallest absolute Gasteiger partial charge is 0.121 e. The van der Waals surface area contributed by atoms with Crippen LogP contribution in [0.4, 0.5) is 0 Å². The molecule has 0 aromatic heterocycles. The molecule has 1 nitrogen and oxygen atoms in total. The van der Waals surface area contributed by atoms with Gasteiger partial charge in [-0.25, -0.2) is 0 Å². The Morgan fingerprint density at radius 2 is 1.88 bits per heavy atom. The van der Waals surface area contributed by atoms with Gasteiger partial charge in [0.15, 0.2) is 0 Å². The second kappa shape index (κ2) is 5.15. The largest absolute Gasteiger partial charge is 0.508 e. The van der Waals surface area contributed by atoms with Crippen molar-refractivity contribution in [3.8, 4) is 5.75 Å². The van der Waals surface area contributed by atoms with Crippen molar-refractivity contribution < 1.29 is 5.11 Å². The maximum absolute atomic E-state index is 10.3. The van der Waals surface area contributed by atoms with Crippen LogP contribution in [-0.4, -0.2) is 16.6 Å². The number of thioether (sulfide) groups is 2. The van der Waals surface area contributed by atoms with Crippen molar-refractivity contribution in [2.24, 2.45) is 0 Å². The lowest BCUT2D eigenvalue weighted by Gasteiger charge is -2.29. The predicted octanol–water partition coefficient (Wildman–Crippen LogP) is 4.31. The fourth-order valence-electron chi connectivity index (χ4n) is 2.70. The van der Waals surface area contributed by atoms with E-state index in [1.54, 1.807) is 0 Å². The molecule has 1 aliphatic rings. The van der Waals surface area contributed by atoms with Crippen LogP contribution >= 0.6 is 23.5 Å². The van der Waals surface area contributed by atoms with Crippen molar-refractivity contribution >= 4 is 23.5 Å². The lowest BCUT2D eigenvalue weighted by Crippen LogP contribution is -2.14. The molecule has 0 saturated carbocycles. The van der Waals surface area contributed by atoms with Crippen LogP contribution in [0, 0.1) is 6.92 Å². The van der Waals surface area contributed by atoms with Gasteiger partial charge in [-0.1, -0.05) is 19.9 Å². The molecule has 0 aliphatic heterocycles. The fraction of sp³-hybridized carbons (Fsp3) is 0.571. The summed E-state index contributed by atoms with van der Waals surface area (Å²) in [6.07, 6.45) is 2.25. The lowest BCUT2D eigenvalue weighted by molar-refractivity contribution is 0.467. The van der Waals surface area contributed by atoms with Gasteiger partial charge >= 0.3 is 0 Å². The first-order valence-electron chi connectivity index (χ1n) is 6.24. The van der Waals surface area contributed by atoms with Gasteiger partial charge < -0.3 is 5.11 Å². The SMILES string of the molecule is CCSC1(SCC)CCc2cc(C)cc(O)c21. The molecule has 0 spiro atoms. The van der Waals surface area contributed by atoms with Gasteiger partial charge in [-0.05, 0) is 48.5 Å². The van der Waals surface area contributed by atoms with E-state index in [9.17, 15) is 5.11 Å². The molecule has 3 heteroatoms. The Balaban J connectivity index is 2.48. The van der Waals surface area contributed by atoms with E-state index in [4.69, 9.17) is 0 Å². The van der Waals surface area contributed by atoms with E-state index in [0.29, 0.717) is 5.75 Å². The number of benzene rings is 1. The lowest BCUT2D eigenvalue weighted by atomic mass is 10.1. The summed E-state index contributed by atoms with van der Waals surface area (Å²) in [5, 5.41) is 10.3. The highest BCUT2D eigenvalue weighted by molar-refractivity contribution is 8.17. The molecule has 17 heavy (non-hydrogen) atoms. The fourth-order valence-corrected chi connectivity index (χ4v) is 5.92. The molecule has 94 valence electrons. The molecular formula is C14H20OS2. The van der Waals surface area contributed by atoms with Gasteiger partial charge in [-0.15, -0.1) is 23.5 Å². The van der Waals surface area contributed by atoms with E-state index in [1.165, 1.54) is 16.7 Å². The summed E-state index contributed by atoms with van der Waals surface area (Å²) >= 11 is 3.95. The van der Waals surface area contributed by atoms with Crippen molar-refractivity contribution in [1.82, 2.24) is 0 Å². The van der Waals surface area contributed by atoms with E-state index < -0.39 is 0 Å². The minimum absolute atomic E-state index is 0.0939. The van der Waals surface area contributed by atoms with Crippen molar-refractivity contribution in [3.05, 3.63) is 28.8 Å². The van der Waals surface area contributed by atoms with Gasteiger partial charge in [0.05, 0.1) is 4.08 Å². The van der Waals surface area contributed by atoms with E-state index >= 15 is 0 Å². The number of fused-ring (bicyclic) bond motifs is 1. The summed E-state index contributed by atoms with van der Waals surface area (Å²) in [5.41, 5.74) is 3.71. The summed E-state index contributed by atoms with van der Waals surface area (Å²) in [6, 6.07) is 4.15. The van der Waals surface area contributed by atoms with Gasteiger partial charge in [0, 0.05) is 5.56 Å². The first kappa shape index (κ1) is 13.2. The number of phenols is 1. The highest BCUT2D eigenvalue weighted by Crippen LogP contribution is 2.57. The molecule has 1 N–H and O–H groups in total. The zero-order chi connectivity index (χ0) is 12.5. The second-order valence-electron chi connectivity index (χ2n) is 4.44. The van der Waals surface area contributed by atoms with E-state index in [0.717, 1.165) is 24.3 Å². The molecule has 0 atom stereocenters. The Hall–Kier alpha value is -0.280. The van der Waals surface area contributed by atoms with Crippen molar-refractivity contribution in [3.63, 3.8) is 0 Å². The summed E-state index contributed by atoms with van der Waals surface area (Å²) in [5.74, 6) is 2.69. The van der Waals surface area contributed by atoms with Crippen molar-refractivity contribution in [2.45, 2.75) is 37.7 Å². The normalized spacial score (nSPS) is 17.1. The summed E-state index contributed by atoms with van der Waals surface area (Å²) < 4.78 is 0.0939. The molecule has 0 amide bonds. The molecular weight excluding hydrogens is 248 g/mol. The number of aryl methyl sites for hydroxylation is 2. The highest BCUT2D eigenvalue weighted by Gasteiger charge is 2.41. The third-order valence-corrected chi connectivity index (χ3v) is 6.24. The number of hydrogen-bond acceptors (Lipinski definition) is 3. The number of rotatable bonds is 4. The second-order valence-corrected chi connectivity index (χ2v) is 7.82. The summed E-state index contributed by atoms with van der Waals surface area (Å²) in [7, 11) is 0. The molecule has 1 aromatic rings. The molecule has 0 saturated heterocycles. The van der Waals surface area contributed by atoms with E-state index in [-0.39, 0.29) is 4.08 Å². The Morgan fingerprint density at radius 1 is 1.24 bits per heavy atom. The number of phenolic OH excluding ortho intramolecular Hbond substituents is 1. The zero-order valence-corrected chi connectivity index (χ0v) is 12.4. The molecule has 0 bridgehead atoms. The number of aromatic hydroxyl groups is 1. The molecule has 2 rings (SSSR count). The van der Waals surface area contributed by atoms with Gasteiger partial charge in [0.25, 0.3) is 0 Å². The number of hydrogen-bond donors (Lipinski definition) is 1. The minimum Gasteiger partial charge on any atom is -0.508 e. The topological polar surface area (TPSA) is 20.2 Å². The quantitative estimate of drug-likeness (QED) is 0.822. The van der Waals surface area contributed by atoms with Gasteiger partial charge in [-0.2, -0.15) is 0 Å². The maximum Gasteiger partial charge on any atom is 0.121 e. The third-order valence-electron chi connectivity index (χ3n) is 3.20. The first-order chi connectivity index (χ1) is 8.13. The molecule has 1 aliphatic carbocycles. The average molecular weight is 268 g/mol. The van der Waals surface area contributed by atoms with Gasteiger partial charge in [-0.3, -0.25) is 0 Å². The molecule has 0 fully saturated rings. The van der Waals surface area contributed by atoms with E-state index in [2.05, 4.69) is 26.8 Å². The van der Waals surface area contributed by atoms with Crippen LogP contribution in [-0.2, 0) is 10.5 Å². The average Bonchev–Trinajstić information content (AvgIpc) is 2.58. The van der Waals surface area contributed by atoms with Crippen LogP contribution in [0.5, 0.6) is 5.75 Å². The summed E-state index contributed by atoms with van der Waals surface area (Å²) in [6.45, 7) is 6.46. The maximum atomic E-state index is 10.3. The molecule has 0 unspecified atom stereocenters. The Bertz CT molecular complexity index is 409. The zero-order valence-electron chi connectivity index (χ0n) is 10.7. The van der Waals surface area contributed by atoms with Gasteiger partial charge in [0.1, 0.15) is 5.75 Å². The Labute approximate surface area is 112 Å². The summed E-state index contributed by atoms with van der Waals surface area (Å²) in [4.78, 5) is 0.